The van der Waals surface area contributed by atoms with E-state index in [1.165, 1.54) is 19.3 Å². The number of fused-ring (bicyclic) bond motifs is 6. The van der Waals surface area contributed by atoms with Crippen molar-refractivity contribution in [2.24, 2.45) is 29.6 Å². The summed E-state index contributed by atoms with van der Waals surface area (Å²) in [6.45, 7) is 0. The van der Waals surface area contributed by atoms with Crippen molar-refractivity contribution in [3.63, 3.8) is 0 Å². The number of carbonyl (C=O) groups excluding carboxylic acids is 1. The summed E-state index contributed by atoms with van der Waals surface area (Å²) in [5.74, 6) is 3.59. The molecule has 102 valence electrons. The molecule has 2 aromatic rings. The number of anilines is 1. The zero-order valence-electron chi connectivity index (χ0n) is 11.1. The van der Waals surface area contributed by atoms with Gasteiger partial charge in [0.2, 0.25) is 5.91 Å². The molecule has 3 nitrogen and oxygen atoms in total. The predicted molar refractivity (Wildman–Crippen MR) is 79.6 cm³/mol. The van der Waals surface area contributed by atoms with Crippen LogP contribution in [0.2, 0.25) is 0 Å². The minimum absolute atomic E-state index is 0.218. The van der Waals surface area contributed by atoms with Gasteiger partial charge in [-0.3, -0.25) is 4.79 Å². The lowest BCUT2D eigenvalue weighted by Gasteiger charge is -2.07. The molecule has 1 N–H and O–H groups in total. The molecule has 0 aliphatic heterocycles. The first kappa shape index (κ1) is 11.3. The molecule has 3 saturated carbocycles. The molecular formula is C16H16N2OS. The summed E-state index contributed by atoms with van der Waals surface area (Å²) < 4.78 is 1.14. The Kier molecular flexibility index (Phi) is 2.15. The number of hydrogen-bond acceptors (Lipinski definition) is 3. The highest BCUT2D eigenvalue weighted by molar-refractivity contribution is 7.22. The van der Waals surface area contributed by atoms with Crippen LogP contribution < -0.4 is 5.32 Å². The molecule has 4 atom stereocenters. The number of aromatic nitrogens is 1. The van der Waals surface area contributed by atoms with E-state index in [2.05, 4.69) is 16.4 Å². The van der Waals surface area contributed by atoms with Crippen molar-refractivity contribution >= 4 is 32.6 Å². The van der Waals surface area contributed by atoms with E-state index < -0.39 is 0 Å². The Morgan fingerprint density at radius 3 is 2.70 bits per heavy atom. The smallest absolute Gasteiger partial charge is 0.229 e. The predicted octanol–water partition coefficient (Wildman–Crippen LogP) is 3.53. The van der Waals surface area contributed by atoms with Gasteiger partial charge in [0.15, 0.2) is 5.13 Å². The summed E-state index contributed by atoms with van der Waals surface area (Å²) >= 11 is 1.57. The molecule has 1 aromatic heterocycles. The summed E-state index contributed by atoms with van der Waals surface area (Å²) in [6, 6.07) is 8.04. The number of nitrogens with zero attached hydrogens (tertiary/aromatic N) is 1. The second-order valence-electron chi connectivity index (χ2n) is 6.49. The van der Waals surface area contributed by atoms with Crippen LogP contribution in [0.5, 0.6) is 0 Å². The molecule has 2 bridgehead atoms. The Hall–Kier alpha value is -1.42. The molecule has 4 heteroatoms. The molecule has 1 heterocycles. The van der Waals surface area contributed by atoms with Gasteiger partial charge in [0.1, 0.15) is 0 Å². The minimum Gasteiger partial charge on any atom is -0.302 e. The van der Waals surface area contributed by atoms with Crippen LogP contribution in [0.25, 0.3) is 10.2 Å². The lowest BCUT2D eigenvalue weighted by Crippen LogP contribution is -2.18. The van der Waals surface area contributed by atoms with Gasteiger partial charge in [0.25, 0.3) is 0 Å². The fraction of sp³-hybridized carbons (Fsp3) is 0.500. The summed E-state index contributed by atoms with van der Waals surface area (Å²) in [5, 5.41) is 3.82. The van der Waals surface area contributed by atoms with E-state index in [4.69, 9.17) is 0 Å². The molecular weight excluding hydrogens is 268 g/mol. The SMILES string of the molecule is O=C(Nc1nc2ccccc2s1)C1[C@H]2[C@H]3CC[C@@H](C3)[C@H]12. The van der Waals surface area contributed by atoms with Crippen molar-refractivity contribution in [2.45, 2.75) is 19.3 Å². The average Bonchev–Trinajstić information content (AvgIpc) is 2.78. The van der Waals surface area contributed by atoms with Crippen LogP contribution in [0.4, 0.5) is 5.13 Å². The largest absolute Gasteiger partial charge is 0.302 e. The van der Waals surface area contributed by atoms with Crippen molar-refractivity contribution in [3.8, 4) is 0 Å². The topological polar surface area (TPSA) is 42.0 Å². The molecule has 1 amide bonds. The first-order chi connectivity index (χ1) is 9.81. The zero-order valence-corrected chi connectivity index (χ0v) is 11.9. The van der Waals surface area contributed by atoms with E-state index >= 15 is 0 Å². The standard InChI is InChI=1S/C16H16N2OS/c19-15(14-12-8-5-6-9(7-8)13(12)14)18-16-17-10-3-1-2-4-11(10)20-16/h1-4,8-9,12-14H,5-7H2,(H,17,18,19)/t8-,9-,12-,13-/m0/s1. The maximum absolute atomic E-state index is 12.4. The van der Waals surface area contributed by atoms with E-state index in [-0.39, 0.29) is 11.8 Å². The van der Waals surface area contributed by atoms with Gasteiger partial charge in [-0.15, -0.1) is 0 Å². The molecule has 0 radical (unpaired) electrons. The van der Waals surface area contributed by atoms with E-state index in [9.17, 15) is 4.79 Å². The van der Waals surface area contributed by atoms with E-state index in [0.717, 1.165) is 27.2 Å². The number of rotatable bonds is 2. The van der Waals surface area contributed by atoms with Crippen molar-refractivity contribution in [1.82, 2.24) is 4.98 Å². The van der Waals surface area contributed by atoms with Gasteiger partial charge in [0.05, 0.1) is 10.2 Å². The molecule has 3 aliphatic rings. The molecule has 20 heavy (non-hydrogen) atoms. The third kappa shape index (κ3) is 1.46. The Balaban J connectivity index is 1.36. The van der Waals surface area contributed by atoms with Gasteiger partial charge in [-0.25, -0.2) is 4.98 Å². The molecule has 5 rings (SSSR count). The maximum Gasteiger partial charge on any atom is 0.229 e. The van der Waals surface area contributed by atoms with Crippen molar-refractivity contribution in [2.75, 3.05) is 5.32 Å². The molecule has 3 aliphatic carbocycles. The highest BCUT2D eigenvalue weighted by Gasteiger charge is 2.67. The molecule has 3 fully saturated rings. The van der Waals surface area contributed by atoms with Crippen LogP contribution in [0.3, 0.4) is 0 Å². The fourth-order valence-electron chi connectivity index (χ4n) is 4.79. The van der Waals surface area contributed by atoms with Gasteiger partial charge < -0.3 is 5.32 Å². The number of thiazole rings is 1. The Morgan fingerprint density at radius 2 is 1.95 bits per heavy atom. The van der Waals surface area contributed by atoms with Gasteiger partial charge in [-0.05, 0) is 55.1 Å². The number of benzene rings is 1. The Morgan fingerprint density at radius 1 is 1.20 bits per heavy atom. The number of para-hydroxylation sites is 1. The number of carbonyl (C=O) groups is 1. The summed E-state index contributed by atoms with van der Waals surface area (Å²) in [4.78, 5) is 16.9. The normalized spacial score (nSPS) is 37.1. The fourth-order valence-corrected chi connectivity index (χ4v) is 5.66. The van der Waals surface area contributed by atoms with E-state index in [1.807, 2.05) is 18.2 Å². The van der Waals surface area contributed by atoms with E-state index in [1.54, 1.807) is 11.3 Å². The van der Waals surface area contributed by atoms with Crippen molar-refractivity contribution in [1.29, 1.82) is 0 Å². The van der Waals surface area contributed by atoms with Crippen LogP contribution in [0.15, 0.2) is 24.3 Å². The number of amides is 1. The molecule has 0 saturated heterocycles. The van der Waals surface area contributed by atoms with Crippen molar-refractivity contribution in [3.05, 3.63) is 24.3 Å². The summed E-state index contributed by atoms with van der Waals surface area (Å²) in [5.41, 5.74) is 0.976. The van der Waals surface area contributed by atoms with Crippen LogP contribution in [-0.2, 0) is 4.79 Å². The third-order valence-electron chi connectivity index (χ3n) is 5.56. The zero-order chi connectivity index (χ0) is 13.3. The minimum atomic E-state index is 0.218. The quantitative estimate of drug-likeness (QED) is 0.916. The number of nitrogens with one attached hydrogen (secondary N) is 1. The highest BCUT2D eigenvalue weighted by Crippen LogP contribution is 2.69. The van der Waals surface area contributed by atoms with Crippen molar-refractivity contribution < 1.29 is 4.79 Å². The van der Waals surface area contributed by atoms with Gasteiger partial charge in [0, 0.05) is 5.92 Å². The van der Waals surface area contributed by atoms with Crippen LogP contribution in [0, 0.1) is 29.6 Å². The molecule has 1 aromatic carbocycles. The van der Waals surface area contributed by atoms with Crippen LogP contribution in [0.1, 0.15) is 19.3 Å². The van der Waals surface area contributed by atoms with E-state index in [0.29, 0.717) is 11.8 Å². The van der Waals surface area contributed by atoms with Crippen LogP contribution in [-0.4, -0.2) is 10.9 Å². The monoisotopic (exact) mass is 284 g/mol. The molecule has 0 unspecified atom stereocenters. The third-order valence-corrected chi connectivity index (χ3v) is 6.51. The summed E-state index contributed by atoms with van der Waals surface area (Å²) in [7, 11) is 0. The highest BCUT2D eigenvalue weighted by atomic mass is 32.1. The average molecular weight is 284 g/mol. The first-order valence-electron chi connectivity index (χ1n) is 7.48. The van der Waals surface area contributed by atoms with Gasteiger partial charge >= 0.3 is 0 Å². The lowest BCUT2D eigenvalue weighted by atomic mass is 10.0. The van der Waals surface area contributed by atoms with Gasteiger partial charge in [-0.1, -0.05) is 23.5 Å². The number of hydrogen-bond donors (Lipinski definition) is 1. The van der Waals surface area contributed by atoms with Gasteiger partial charge in [-0.2, -0.15) is 0 Å². The second-order valence-corrected chi connectivity index (χ2v) is 7.52. The van der Waals surface area contributed by atoms with Crippen LogP contribution >= 0.6 is 11.3 Å². The molecule has 0 spiro atoms. The maximum atomic E-state index is 12.4. The Labute approximate surface area is 121 Å². The lowest BCUT2D eigenvalue weighted by molar-refractivity contribution is -0.118. The summed E-state index contributed by atoms with van der Waals surface area (Å²) in [6.07, 6.45) is 4.10. The second kappa shape index (κ2) is 3.82. The first-order valence-corrected chi connectivity index (χ1v) is 8.29. The Bertz CT molecular complexity index is 660.